The Morgan fingerprint density at radius 1 is 1.35 bits per heavy atom. The second kappa shape index (κ2) is 4.77. The molecule has 20 heavy (non-hydrogen) atoms. The average molecular weight is 273 g/mol. The number of imidazole rings is 1. The number of aromatic nitrogens is 2. The van der Waals surface area contributed by atoms with Crippen molar-refractivity contribution in [3.63, 3.8) is 0 Å². The zero-order valence-electron chi connectivity index (χ0n) is 12.7. The molecule has 3 rings (SSSR count). The fourth-order valence-corrected chi connectivity index (χ4v) is 2.46. The van der Waals surface area contributed by atoms with Crippen molar-refractivity contribution < 1.29 is 4.74 Å². The summed E-state index contributed by atoms with van der Waals surface area (Å²) in [7, 11) is 1.70. The van der Waals surface area contributed by atoms with Crippen molar-refractivity contribution in [2.75, 3.05) is 7.11 Å². The molecule has 1 aliphatic carbocycles. The minimum atomic E-state index is 0.101. The molecule has 0 saturated heterocycles. The fraction of sp³-hybridized carbons (Fsp3) is 0.562. The number of ether oxygens (including phenoxy) is 1. The topological polar surface area (TPSA) is 39.1 Å². The Hall–Kier alpha value is -1.55. The zero-order chi connectivity index (χ0) is 14.3. The van der Waals surface area contributed by atoms with Gasteiger partial charge in [0.1, 0.15) is 11.6 Å². The second-order valence-corrected chi connectivity index (χ2v) is 6.59. The van der Waals surface area contributed by atoms with Gasteiger partial charge in [0.25, 0.3) is 0 Å². The van der Waals surface area contributed by atoms with E-state index in [4.69, 9.17) is 9.72 Å². The van der Waals surface area contributed by atoms with Crippen LogP contribution in [0, 0.1) is 0 Å². The quantitative estimate of drug-likeness (QED) is 0.929. The van der Waals surface area contributed by atoms with Crippen LogP contribution in [0.1, 0.15) is 45.5 Å². The zero-order valence-corrected chi connectivity index (χ0v) is 12.7. The Kier molecular flexibility index (Phi) is 3.21. The van der Waals surface area contributed by atoms with Crippen molar-refractivity contribution in [1.29, 1.82) is 0 Å². The van der Waals surface area contributed by atoms with Gasteiger partial charge in [0.2, 0.25) is 0 Å². The predicted molar refractivity (Wildman–Crippen MR) is 81.1 cm³/mol. The number of hydrogen-bond acceptors (Lipinski definition) is 3. The summed E-state index contributed by atoms with van der Waals surface area (Å²) in [6.07, 6.45) is 2.53. The lowest BCUT2D eigenvalue weighted by molar-refractivity contribution is 0.412. The van der Waals surface area contributed by atoms with Crippen molar-refractivity contribution in [3.8, 4) is 5.75 Å². The van der Waals surface area contributed by atoms with E-state index in [-0.39, 0.29) is 5.54 Å². The Morgan fingerprint density at radius 2 is 2.10 bits per heavy atom. The highest BCUT2D eigenvalue weighted by Gasteiger charge is 2.28. The first-order valence-corrected chi connectivity index (χ1v) is 7.28. The lowest BCUT2D eigenvalue weighted by Crippen LogP contribution is -2.35. The van der Waals surface area contributed by atoms with Gasteiger partial charge < -0.3 is 14.6 Å². The van der Waals surface area contributed by atoms with E-state index >= 15 is 0 Å². The summed E-state index contributed by atoms with van der Waals surface area (Å²) in [6.45, 7) is 7.34. The van der Waals surface area contributed by atoms with E-state index in [0.29, 0.717) is 6.04 Å². The van der Waals surface area contributed by atoms with Crippen LogP contribution >= 0.6 is 0 Å². The molecule has 1 N–H and O–H groups in total. The van der Waals surface area contributed by atoms with Gasteiger partial charge in [0.05, 0.1) is 24.7 Å². The minimum Gasteiger partial charge on any atom is -0.497 e. The first-order valence-electron chi connectivity index (χ1n) is 7.28. The van der Waals surface area contributed by atoms with Gasteiger partial charge in [0, 0.05) is 17.6 Å². The third-order valence-corrected chi connectivity index (χ3v) is 3.66. The van der Waals surface area contributed by atoms with Crippen LogP contribution in [0.3, 0.4) is 0 Å². The highest BCUT2D eigenvalue weighted by molar-refractivity contribution is 5.78. The number of rotatable bonds is 4. The molecule has 1 aromatic carbocycles. The third-order valence-electron chi connectivity index (χ3n) is 3.66. The Bertz CT molecular complexity index is 620. The van der Waals surface area contributed by atoms with Gasteiger partial charge >= 0.3 is 0 Å². The molecule has 0 atom stereocenters. The molecule has 0 unspecified atom stereocenters. The largest absolute Gasteiger partial charge is 0.497 e. The summed E-state index contributed by atoms with van der Waals surface area (Å²) in [4.78, 5) is 4.81. The van der Waals surface area contributed by atoms with E-state index in [1.807, 2.05) is 12.1 Å². The van der Waals surface area contributed by atoms with Crippen LogP contribution in [-0.4, -0.2) is 22.2 Å². The summed E-state index contributed by atoms with van der Waals surface area (Å²) in [5, 5.41) is 3.54. The van der Waals surface area contributed by atoms with Crippen LogP contribution in [0.2, 0.25) is 0 Å². The van der Waals surface area contributed by atoms with Crippen LogP contribution in [0.5, 0.6) is 5.75 Å². The van der Waals surface area contributed by atoms with Gasteiger partial charge in [0.15, 0.2) is 0 Å². The smallest absolute Gasteiger partial charge is 0.124 e. The summed E-state index contributed by atoms with van der Waals surface area (Å²) >= 11 is 0. The number of nitrogens with one attached hydrogen (secondary N) is 1. The van der Waals surface area contributed by atoms with Gasteiger partial charge in [-0.3, -0.25) is 0 Å². The molecule has 0 radical (unpaired) electrons. The van der Waals surface area contributed by atoms with Gasteiger partial charge in [-0.1, -0.05) is 0 Å². The van der Waals surface area contributed by atoms with E-state index in [0.717, 1.165) is 23.6 Å². The predicted octanol–water partition coefficient (Wildman–Crippen LogP) is 3.27. The molecule has 1 aromatic heterocycles. The molecule has 0 spiro atoms. The second-order valence-electron chi connectivity index (χ2n) is 6.59. The van der Waals surface area contributed by atoms with Crippen molar-refractivity contribution in [2.24, 2.45) is 0 Å². The summed E-state index contributed by atoms with van der Waals surface area (Å²) in [5.41, 5.74) is 2.35. The molecule has 2 aromatic rings. The molecule has 4 nitrogen and oxygen atoms in total. The number of fused-ring (bicyclic) bond motifs is 1. The summed E-state index contributed by atoms with van der Waals surface area (Å²) in [5.74, 6) is 2.00. The fourth-order valence-electron chi connectivity index (χ4n) is 2.46. The molecule has 1 aliphatic rings. The van der Waals surface area contributed by atoms with Gasteiger partial charge in [-0.05, 0) is 45.7 Å². The maximum Gasteiger partial charge on any atom is 0.124 e. The van der Waals surface area contributed by atoms with Crippen LogP contribution in [0.25, 0.3) is 11.0 Å². The minimum absolute atomic E-state index is 0.101. The lowest BCUT2D eigenvalue weighted by Gasteiger charge is -2.20. The number of methoxy groups -OCH3 is 1. The standard InChI is InChI=1S/C16H23N3O/c1-16(2,3)17-10-15-18-13-9-12(20-4)7-8-14(13)19(15)11-5-6-11/h7-9,11,17H,5-6,10H2,1-4H3. The monoisotopic (exact) mass is 273 g/mol. The first kappa shape index (κ1) is 13.4. The molecule has 108 valence electrons. The van der Waals surface area contributed by atoms with Gasteiger partial charge in [-0.15, -0.1) is 0 Å². The maximum atomic E-state index is 5.30. The molecule has 1 heterocycles. The molecular weight excluding hydrogens is 250 g/mol. The van der Waals surface area contributed by atoms with Gasteiger partial charge in [-0.2, -0.15) is 0 Å². The highest BCUT2D eigenvalue weighted by atomic mass is 16.5. The van der Waals surface area contributed by atoms with E-state index in [2.05, 4.69) is 36.7 Å². The van der Waals surface area contributed by atoms with E-state index in [9.17, 15) is 0 Å². The SMILES string of the molecule is COc1ccc2c(c1)nc(CNC(C)(C)C)n2C1CC1. The molecule has 4 heteroatoms. The summed E-state index contributed by atoms with van der Waals surface area (Å²) < 4.78 is 7.69. The normalized spacial score (nSPS) is 15.8. The Morgan fingerprint density at radius 3 is 2.70 bits per heavy atom. The number of hydrogen-bond donors (Lipinski definition) is 1. The molecule has 0 bridgehead atoms. The van der Waals surface area contributed by atoms with E-state index in [1.165, 1.54) is 18.4 Å². The molecular formula is C16H23N3O. The number of benzene rings is 1. The van der Waals surface area contributed by atoms with Crippen LogP contribution < -0.4 is 10.1 Å². The molecule has 1 saturated carbocycles. The van der Waals surface area contributed by atoms with Crippen molar-refractivity contribution in [3.05, 3.63) is 24.0 Å². The maximum absolute atomic E-state index is 5.30. The molecule has 0 aliphatic heterocycles. The summed E-state index contributed by atoms with van der Waals surface area (Å²) in [6, 6.07) is 6.80. The highest BCUT2D eigenvalue weighted by Crippen LogP contribution is 2.39. The van der Waals surface area contributed by atoms with Crippen LogP contribution in [-0.2, 0) is 6.54 Å². The Balaban J connectivity index is 1.99. The van der Waals surface area contributed by atoms with E-state index < -0.39 is 0 Å². The average Bonchev–Trinajstić information content (AvgIpc) is 3.15. The van der Waals surface area contributed by atoms with E-state index in [1.54, 1.807) is 7.11 Å². The van der Waals surface area contributed by atoms with Crippen LogP contribution in [0.4, 0.5) is 0 Å². The Labute approximate surface area is 120 Å². The van der Waals surface area contributed by atoms with Crippen molar-refractivity contribution in [2.45, 2.75) is 51.7 Å². The third kappa shape index (κ3) is 2.66. The molecule has 1 fully saturated rings. The van der Waals surface area contributed by atoms with Crippen molar-refractivity contribution >= 4 is 11.0 Å². The van der Waals surface area contributed by atoms with Crippen LogP contribution in [0.15, 0.2) is 18.2 Å². The van der Waals surface area contributed by atoms with Gasteiger partial charge in [-0.25, -0.2) is 4.98 Å². The number of nitrogens with zero attached hydrogens (tertiary/aromatic N) is 2. The first-order chi connectivity index (χ1) is 9.48. The molecule has 0 amide bonds. The van der Waals surface area contributed by atoms with Crippen molar-refractivity contribution in [1.82, 2.24) is 14.9 Å². The lowest BCUT2D eigenvalue weighted by atomic mass is 10.1.